The maximum atomic E-state index is 12.3. The van der Waals surface area contributed by atoms with Crippen molar-refractivity contribution in [3.63, 3.8) is 0 Å². The van der Waals surface area contributed by atoms with Gasteiger partial charge < -0.3 is 14.8 Å². The molecule has 19 heavy (non-hydrogen) atoms. The summed E-state index contributed by atoms with van der Waals surface area (Å²) in [5.74, 6) is -0.0685. The molecular weight excluding hydrogens is 242 g/mol. The second kappa shape index (κ2) is 6.02. The summed E-state index contributed by atoms with van der Waals surface area (Å²) in [6, 6.07) is 3.29. The van der Waals surface area contributed by atoms with E-state index in [0.717, 1.165) is 32.5 Å². The van der Waals surface area contributed by atoms with Crippen molar-refractivity contribution in [3.8, 4) is 0 Å². The van der Waals surface area contributed by atoms with Crippen molar-refractivity contribution in [2.75, 3.05) is 26.7 Å². The maximum Gasteiger partial charge on any atom is 0.254 e. The monoisotopic (exact) mass is 263 g/mol. The van der Waals surface area contributed by atoms with Gasteiger partial charge in [-0.05, 0) is 25.5 Å². The van der Waals surface area contributed by atoms with Crippen LogP contribution < -0.4 is 5.56 Å². The molecule has 0 aliphatic carbocycles. The number of likely N-dealkylation sites (tertiary alicyclic amines) is 1. The van der Waals surface area contributed by atoms with Gasteiger partial charge in [-0.1, -0.05) is 6.92 Å². The molecule has 1 aromatic heterocycles. The minimum absolute atomic E-state index is 0.0685. The molecule has 1 saturated heterocycles. The largest absolute Gasteiger partial charge is 0.339 e. The van der Waals surface area contributed by atoms with E-state index < -0.39 is 0 Å². The number of pyridine rings is 1. The summed E-state index contributed by atoms with van der Waals surface area (Å²) < 4.78 is 0. The Morgan fingerprint density at radius 3 is 2.74 bits per heavy atom. The molecule has 1 aliphatic rings. The van der Waals surface area contributed by atoms with Crippen LogP contribution in [0.1, 0.15) is 30.1 Å². The molecule has 0 unspecified atom stereocenters. The number of aromatic amines is 1. The molecule has 0 radical (unpaired) electrons. The Morgan fingerprint density at radius 1 is 1.47 bits per heavy atom. The number of piperidine rings is 1. The molecule has 0 saturated carbocycles. The normalized spacial score (nSPS) is 17.4. The van der Waals surface area contributed by atoms with Crippen molar-refractivity contribution >= 4 is 5.91 Å². The van der Waals surface area contributed by atoms with Crippen LogP contribution in [0.5, 0.6) is 0 Å². The van der Waals surface area contributed by atoms with E-state index in [9.17, 15) is 9.59 Å². The third-order valence-electron chi connectivity index (χ3n) is 3.89. The molecule has 0 atom stereocenters. The SMILES string of the molecule is CCN1CCC(N(C)C(=O)c2cc[nH]c(=O)c2)CC1. The van der Waals surface area contributed by atoms with Crippen molar-refractivity contribution in [3.05, 3.63) is 34.2 Å². The van der Waals surface area contributed by atoms with Crippen molar-refractivity contribution in [2.45, 2.75) is 25.8 Å². The number of nitrogens with zero attached hydrogens (tertiary/aromatic N) is 2. The summed E-state index contributed by atoms with van der Waals surface area (Å²) in [5, 5.41) is 0. The molecule has 5 nitrogen and oxygen atoms in total. The zero-order valence-corrected chi connectivity index (χ0v) is 11.6. The highest BCUT2D eigenvalue weighted by Gasteiger charge is 2.25. The maximum absolute atomic E-state index is 12.3. The summed E-state index contributed by atoms with van der Waals surface area (Å²) in [6.45, 7) is 5.30. The van der Waals surface area contributed by atoms with Gasteiger partial charge in [0.05, 0.1) is 0 Å². The fourth-order valence-corrected chi connectivity index (χ4v) is 2.57. The first-order valence-corrected chi connectivity index (χ1v) is 6.80. The second-order valence-electron chi connectivity index (χ2n) is 5.02. The predicted octanol–water partition coefficient (Wildman–Crippen LogP) is 0.931. The topological polar surface area (TPSA) is 56.4 Å². The second-order valence-corrected chi connectivity index (χ2v) is 5.02. The molecule has 1 aliphatic heterocycles. The van der Waals surface area contributed by atoms with Crippen LogP contribution in [0.2, 0.25) is 0 Å². The highest BCUT2D eigenvalue weighted by Crippen LogP contribution is 2.16. The quantitative estimate of drug-likeness (QED) is 0.882. The van der Waals surface area contributed by atoms with Crippen LogP contribution in [-0.4, -0.2) is 53.4 Å². The molecule has 0 bridgehead atoms. The minimum atomic E-state index is -0.236. The van der Waals surface area contributed by atoms with Crippen LogP contribution in [0.25, 0.3) is 0 Å². The molecule has 2 rings (SSSR count). The Morgan fingerprint density at radius 2 is 2.16 bits per heavy atom. The van der Waals surface area contributed by atoms with E-state index in [4.69, 9.17) is 0 Å². The average Bonchev–Trinajstić information content (AvgIpc) is 2.46. The molecule has 0 aromatic carbocycles. The van der Waals surface area contributed by atoms with Gasteiger partial charge in [0.2, 0.25) is 5.56 Å². The molecule has 104 valence electrons. The standard InChI is InChI=1S/C14H21N3O2/c1-3-17-8-5-12(6-9-17)16(2)14(19)11-4-7-15-13(18)10-11/h4,7,10,12H,3,5-6,8-9H2,1-2H3,(H,15,18). The number of carbonyl (C=O) groups is 1. The number of hydrogen-bond donors (Lipinski definition) is 1. The van der Waals surface area contributed by atoms with Gasteiger partial charge in [0.1, 0.15) is 0 Å². The van der Waals surface area contributed by atoms with E-state index >= 15 is 0 Å². The van der Waals surface area contributed by atoms with Crippen LogP contribution in [0, 0.1) is 0 Å². The lowest BCUT2D eigenvalue weighted by atomic mass is 10.0. The number of amides is 1. The first-order valence-electron chi connectivity index (χ1n) is 6.80. The zero-order chi connectivity index (χ0) is 13.8. The van der Waals surface area contributed by atoms with Crippen LogP contribution in [0.15, 0.2) is 23.1 Å². The van der Waals surface area contributed by atoms with Crippen LogP contribution >= 0.6 is 0 Å². The molecular formula is C14H21N3O2. The van der Waals surface area contributed by atoms with E-state index in [-0.39, 0.29) is 17.5 Å². The summed E-state index contributed by atoms with van der Waals surface area (Å²) in [7, 11) is 1.83. The van der Waals surface area contributed by atoms with Gasteiger partial charge in [-0.2, -0.15) is 0 Å². The van der Waals surface area contributed by atoms with Gasteiger partial charge in [0.15, 0.2) is 0 Å². The van der Waals surface area contributed by atoms with E-state index in [0.29, 0.717) is 5.56 Å². The first kappa shape index (κ1) is 13.8. The lowest BCUT2D eigenvalue weighted by molar-refractivity contribution is 0.0646. The molecule has 1 fully saturated rings. The van der Waals surface area contributed by atoms with E-state index in [1.54, 1.807) is 11.0 Å². The number of hydrogen-bond acceptors (Lipinski definition) is 3. The summed E-state index contributed by atoms with van der Waals surface area (Å²) in [5.41, 5.74) is 0.226. The molecule has 1 amide bonds. The molecule has 5 heteroatoms. The van der Waals surface area contributed by atoms with Crippen LogP contribution in [-0.2, 0) is 0 Å². The first-order chi connectivity index (χ1) is 9.11. The highest BCUT2D eigenvalue weighted by atomic mass is 16.2. The van der Waals surface area contributed by atoms with Crippen molar-refractivity contribution < 1.29 is 4.79 Å². The Balaban J connectivity index is 2.02. The molecule has 1 N–H and O–H groups in total. The Kier molecular flexibility index (Phi) is 4.37. The third kappa shape index (κ3) is 3.23. The number of nitrogens with one attached hydrogen (secondary N) is 1. The number of H-pyrrole nitrogens is 1. The Hall–Kier alpha value is -1.62. The molecule has 2 heterocycles. The van der Waals surface area contributed by atoms with Crippen LogP contribution in [0.4, 0.5) is 0 Å². The number of rotatable bonds is 3. The smallest absolute Gasteiger partial charge is 0.254 e. The van der Waals surface area contributed by atoms with Gasteiger partial charge in [0.25, 0.3) is 5.91 Å². The Bertz CT molecular complexity index is 489. The average molecular weight is 263 g/mol. The number of carbonyl (C=O) groups excluding carboxylic acids is 1. The van der Waals surface area contributed by atoms with Gasteiger partial charge >= 0.3 is 0 Å². The zero-order valence-electron chi connectivity index (χ0n) is 11.6. The van der Waals surface area contributed by atoms with Crippen molar-refractivity contribution in [1.82, 2.24) is 14.8 Å². The van der Waals surface area contributed by atoms with E-state index in [1.807, 2.05) is 7.05 Å². The van der Waals surface area contributed by atoms with Gasteiger partial charge in [-0.3, -0.25) is 9.59 Å². The number of aromatic nitrogens is 1. The molecule has 0 spiro atoms. The summed E-state index contributed by atoms with van der Waals surface area (Å²) >= 11 is 0. The third-order valence-corrected chi connectivity index (χ3v) is 3.89. The van der Waals surface area contributed by atoms with E-state index in [2.05, 4.69) is 16.8 Å². The summed E-state index contributed by atoms with van der Waals surface area (Å²) in [6.07, 6.45) is 3.52. The lowest BCUT2D eigenvalue weighted by Gasteiger charge is -2.36. The lowest BCUT2D eigenvalue weighted by Crippen LogP contribution is -2.45. The fraction of sp³-hybridized carbons (Fsp3) is 0.571. The molecule has 1 aromatic rings. The Labute approximate surface area is 113 Å². The van der Waals surface area contributed by atoms with Gasteiger partial charge in [-0.15, -0.1) is 0 Å². The highest BCUT2D eigenvalue weighted by molar-refractivity contribution is 5.94. The fourth-order valence-electron chi connectivity index (χ4n) is 2.57. The van der Waals surface area contributed by atoms with Gasteiger partial charge in [0, 0.05) is 44.0 Å². The van der Waals surface area contributed by atoms with Gasteiger partial charge in [-0.25, -0.2) is 0 Å². The van der Waals surface area contributed by atoms with Crippen LogP contribution in [0.3, 0.4) is 0 Å². The summed E-state index contributed by atoms with van der Waals surface area (Å²) in [4.78, 5) is 30.2. The van der Waals surface area contributed by atoms with E-state index in [1.165, 1.54) is 12.3 Å². The van der Waals surface area contributed by atoms with Crippen molar-refractivity contribution in [1.29, 1.82) is 0 Å². The van der Waals surface area contributed by atoms with Crippen molar-refractivity contribution in [2.24, 2.45) is 0 Å². The predicted molar refractivity (Wildman–Crippen MR) is 74.3 cm³/mol. The minimum Gasteiger partial charge on any atom is -0.339 e.